The fourth-order valence-corrected chi connectivity index (χ4v) is 3.60. The fourth-order valence-electron chi connectivity index (χ4n) is 3.60. The van der Waals surface area contributed by atoms with E-state index in [0.29, 0.717) is 0 Å². The van der Waals surface area contributed by atoms with E-state index in [1.807, 2.05) is 6.07 Å². The number of hydrogen-bond acceptors (Lipinski definition) is 5. The second kappa shape index (κ2) is 8.33. The van der Waals surface area contributed by atoms with Gasteiger partial charge in [-0.05, 0) is 57.1 Å². The van der Waals surface area contributed by atoms with Crippen molar-refractivity contribution in [2.24, 2.45) is 0 Å². The highest BCUT2D eigenvalue weighted by Crippen LogP contribution is 2.23. The van der Waals surface area contributed by atoms with E-state index in [0.717, 1.165) is 45.0 Å². The predicted octanol–water partition coefficient (Wildman–Crippen LogP) is 3.23. The molecular weight excluding hydrogens is 324 g/mol. The molecule has 1 atom stereocenters. The normalized spacial score (nSPS) is 17.8. The quantitative estimate of drug-likeness (QED) is 0.794. The number of rotatable bonds is 6. The molecule has 1 saturated heterocycles. The molecule has 1 aliphatic heterocycles. The average Bonchev–Trinajstić information content (AvgIpc) is 3.14. The Balaban J connectivity index is 1.71. The molecule has 1 fully saturated rings. The van der Waals surface area contributed by atoms with Gasteiger partial charge in [0.1, 0.15) is 12.0 Å². The maximum atomic E-state index is 5.00. The number of aryl methyl sites for hydroxylation is 2. The zero-order valence-corrected chi connectivity index (χ0v) is 16.8. The molecule has 0 saturated carbocycles. The standard InChI is InChI=1S/C21H32N4O/c1-16-12-17(2)20(15-25-9-7-23(4)8-10-25)13-19(16)14-24(5)18(3)21-6-11-26-22-21/h6,11-13,18H,7-10,14-15H2,1-5H3/t18-/m1/s1. The van der Waals surface area contributed by atoms with Gasteiger partial charge in [0.25, 0.3) is 0 Å². The maximum Gasteiger partial charge on any atom is 0.124 e. The zero-order valence-electron chi connectivity index (χ0n) is 16.8. The van der Waals surface area contributed by atoms with Crippen molar-refractivity contribution < 1.29 is 4.52 Å². The second-order valence-corrected chi connectivity index (χ2v) is 7.80. The first kappa shape index (κ1) is 19.1. The monoisotopic (exact) mass is 356 g/mol. The molecule has 0 unspecified atom stereocenters. The highest BCUT2D eigenvalue weighted by Gasteiger charge is 2.18. The van der Waals surface area contributed by atoms with Crippen molar-refractivity contribution in [3.8, 4) is 0 Å². The van der Waals surface area contributed by atoms with Crippen LogP contribution in [0.25, 0.3) is 0 Å². The summed E-state index contributed by atoms with van der Waals surface area (Å²) in [5, 5.41) is 4.09. The van der Waals surface area contributed by atoms with E-state index in [1.165, 1.54) is 22.3 Å². The van der Waals surface area contributed by atoms with Gasteiger partial charge in [0, 0.05) is 45.3 Å². The molecule has 0 N–H and O–H groups in total. The van der Waals surface area contributed by atoms with Crippen LogP contribution >= 0.6 is 0 Å². The van der Waals surface area contributed by atoms with Crippen LogP contribution in [0.4, 0.5) is 0 Å². The minimum absolute atomic E-state index is 0.232. The molecule has 0 amide bonds. The van der Waals surface area contributed by atoms with E-state index >= 15 is 0 Å². The molecule has 26 heavy (non-hydrogen) atoms. The van der Waals surface area contributed by atoms with Crippen molar-refractivity contribution in [1.82, 2.24) is 19.9 Å². The Morgan fingerprint density at radius 2 is 1.81 bits per heavy atom. The molecule has 1 aromatic carbocycles. The number of aromatic nitrogens is 1. The molecule has 2 heterocycles. The van der Waals surface area contributed by atoms with Gasteiger partial charge in [0.05, 0.1) is 6.04 Å². The van der Waals surface area contributed by atoms with Gasteiger partial charge in [-0.1, -0.05) is 17.3 Å². The first-order valence-corrected chi connectivity index (χ1v) is 9.54. The summed E-state index contributed by atoms with van der Waals surface area (Å²) in [5.41, 5.74) is 6.60. The fraction of sp³-hybridized carbons (Fsp3) is 0.571. The van der Waals surface area contributed by atoms with E-state index in [9.17, 15) is 0 Å². The van der Waals surface area contributed by atoms with Gasteiger partial charge in [-0.25, -0.2) is 0 Å². The summed E-state index contributed by atoms with van der Waals surface area (Å²) >= 11 is 0. The lowest BCUT2D eigenvalue weighted by atomic mass is 9.98. The van der Waals surface area contributed by atoms with E-state index in [4.69, 9.17) is 4.52 Å². The van der Waals surface area contributed by atoms with Crippen molar-refractivity contribution in [3.05, 3.63) is 52.4 Å². The first-order valence-electron chi connectivity index (χ1n) is 9.54. The van der Waals surface area contributed by atoms with Crippen LogP contribution in [0.15, 0.2) is 29.0 Å². The highest BCUT2D eigenvalue weighted by molar-refractivity contribution is 5.37. The number of piperazine rings is 1. The van der Waals surface area contributed by atoms with Crippen LogP contribution in [-0.4, -0.2) is 60.1 Å². The van der Waals surface area contributed by atoms with Crippen molar-refractivity contribution >= 4 is 0 Å². The summed E-state index contributed by atoms with van der Waals surface area (Å²) in [6.07, 6.45) is 1.64. The van der Waals surface area contributed by atoms with Gasteiger partial charge in [-0.2, -0.15) is 0 Å². The van der Waals surface area contributed by atoms with Crippen molar-refractivity contribution in [1.29, 1.82) is 0 Å². The molecule has 1 aromatic heterocycles. The lowest BCUT2D eigenvalue weighted by molar-refractivity contribution is 0.148. The Morgan fingerprint density at radius 3 is 2.46 bits per heavy atom. The summed E-state index contributed by atoms with van der Waals surface area (Å²) < 4.78 is 5.00. The molecular formula is C21H32N4O. The smallest absolute Gasteiger partial charge is 0.124 e. The average molecular weight is 357 g/mol. The van der Waals surface area contributed by atoms with Crippen LogP contribution in [0, 0.1) is 13.8 Å². The van der Waals surface area contributed by atoms with Crippen molar-refractivity contribution in [3.63, 3.8) is 0 Å². The third-order valence-corrected chi connectivity index (χ3v) is 5.75. The van der Waals surface area contributed by atoms with Crippen LogP contribution in [0.3, 0.4) is 0 Å². The third-order valence-electron chi connectivity index (χ3n) is 5.75. The molecule has 5 nitrogen and oxygen atoms in total. The predicted molar refractivity (Wildman–Crippen MR) is 105 cm³/mol. The first-order chi connectivity index (χ1) is 12.4. The number of hydrogen-bond donors (Lipinski definition) is 0. The third kappa shape index (κ3) is 4.53. The molecule has 1 aliphatic rings. The van der Waals surface area contributed by atoms with E-state index < -0.39 is 0 Å². The summed E-state index contributed by atoms with van der Waals surface area (Å²) in [7, 11) is 4.36. The molecule has 3 rings (SSSR count). The lowest BCUT2D eigenvalue weighted by Crippen LogP contribution is -2.44. The lowest BCUT2D eigenvalue weighted by Gasteiger charge is -2.33. The van der Waals surface area contributed by atoms with Gasteiger partial charge in [-0.3, -0.25) is 9.80 Å². The topological polar surface area (TPSA) is 35.8 Å². The molecule has 2 aromatic rings. The molecule has 5 heteroatoms. The molecule has 0 bridgehead atoms. The minimum atomic E-state index is 0.232. The summed E-state index contributed by atoms with van der Waals surface area (Å²) in [4.78, 5) is 7.31. The Bertz CT molecular complexity index is 705. The summed E-state index contributed by atoms with van der Waals surface area (Å²) in [6, 6.07) is 6.93. The highest BCUT2D eigenvalue weighted by atomic mass is 16.5. The van der Waals surface area contributed by atoms with Gasteiger partial charge < -0.3 is 9.42 Å². The molecule has 0 spiro atoms. The maximum absolute atomic E-state index is 5.00. The van der Waals surface area contributed by atoms with Crippen LogP contribution < -0.4 is 0 Å². The van der Waals surface area contributed by atoms with Crippen molar-refractivity contribution in [2.45, 2.75) is 39.9 Å². The van der Waals surface area contributed by atoms with E-state index in [2.05, 4.69) is 66.9 Å². The van der Waals surface area contributed by atoms with Gasteiger partial charge in [0.2, 0.25) is 0 Å². The van der Waals surface area contributed by atoms with Crippen molar-refractivity contribution in [2.75, 3.05) is 40.3 Å². The molecule has 142 valence electrons. The van der Waals surface area contributed by atoms with Gasteiger partial charge in [0.15, 0.2) is 0 Å². The minimum Gasteiger partial charge on any atom is -0.364 e. The Kier molecular flexibility index (Phi) is 6.12. The van der Waals surface area contributed by atoms with E-state index in [1.54, 1.807) is 6.26 Å². The second-order valence-electron chi connectivity index (χ2n) is 7.80. The summed E-state index contributed by atoms with van der Waals surface area (Å²) in [6.45, 7) is 13.2. The van der Waals surface area contributed by atoms with E-state index in [-0.39, 0.29) is 6.04 Å². The SMILES string of the molecule is Cc1cc(C)c(CN(C)[C@H](C)c2ccon2)cc1CN1CCN(C)CC1. The number of likely N-dealkylation sites (N-methyl/N-ethyl adjacent to an activating group) is 1. The van der Waals surface area contributed by atoms with Crippen LogP contribution in [-0.2, 0) is 13.1 Å². The number of benzene rings is 1. The number of nitrogens with zero attached hydrogens (tertiary/aromatic N) is 4. The van der Waals surface area contributed by atoms with Crippen LogP contribution in [0.2, 0.25) is 0 Å². The van der Waals surface area contributed by atoms with Gasteiger partial charge in [-0.15, -0.1) is 0 Å². The molecule has 0 aliphatic carbocycles. The zero-order chi connectivity index (χ0) is 18.7. The summed E-state index contributed by atoms with van der Waals surface area (Å²) in [5.74, 6) is 0. The van der Waals surface area contributed by atoms with Gasteiger partial charge >= 0.3 is 0 Å². The largest absolute Gasteiger partial charge is 0.364 e. The Morgan fingerprint density at radius 1 is 1.12 bits per heavy atom. The Hall–Kier alpha value is -1.69. The van der Waals surface area contributed by atoms with Crippen LogP contribution in [0.5, 0.6) is 0 Å². The van der Waals surface area contributed by atoms with Crippen LogP contribution in [0.1, 0.15) is 40.9 Å². The Labute approximate surface area is 157 Å². The molecule has 0 radical (unpaired) electrons.